The molecule has 0 unspecified atom stereocenters. The Hall–Kier alpha value is 0.127. The molecule has 0 aliphatic rings. The fraction of sp³-hybridized carbons (Fsp3) is 1.00. The highest BCUT2D eigenvalue weighted by molar-refractivity contribution is 7.85. The van der Waals surface area contributed by atoms with Crippen LogP contribution in [0.25, 0.3) is 0 Å². The van der Waals surface area contributed by atoms with Gasteiger partial charge in [-0.1, -0.05) is 19.0 Å². The molecule has 0 aromatic heterocycles. The lowest BCUT2D eigenvalue weighted by molar-refractivity contribution is 0.482. The molecule has 10 heavy (non-hydrogen) atoms. The Labute approximate surface area is 64.4 Å². The van der Waals surface area contributed by atoms with Crippen molar-refractivity contribution in [2.75, 3.05) is 5.75 Å². The van der Waals surface area contributed by atoms with Crippen molar-refractivity contribution in [2.24, 2.45) is 0 Å². The second kappa shape index (κ2) is 4.87. The maximum atomic E-state index is 10.2. The second-order valence-electron chi connectivity index (χ2n) is 2.35. The van der Waals surface area contributed by atoms with Crippen LogP contribution in [0.5, 0.6) is 0 Å². The van der Waals surface area contributed by atoms with E-state index in [1.165, 1.54) is 6.04 Å². The van der Waals surface area contributed by atoms with Crippen LogP contribution in [-0.4, -0.2) is 28.2 Å². The van der Waals surface area contributed by atoms with Gasteiger partial charge in [-0.25, -0.2) is 0 Å². The van der Waals surface area contributed by atoms with Crippen LogP contribution in [0, 0.1) is 0 Å². The minimum absolute atomic E-state index is 0.0228. The summed E-state index contributed by atoms with van der Waals surface area (Å²) in [6, 6.07) is 2.24. The molecule has 0 saturated heterocycles. The fourth-order valence-corrected chi connectivity index (χ4v) is 2.75. The fourth-order valence-electron chi connectivity index (χ4n) is 0.711. The Balaban J connectivity index is 3.21. The van der Waals surface area contributed by atoms with E-state index in [0.29, 0.717) is 6.42 Å². The van der Waals surface area contributed by atoms with E-state index in [1.54, 1.807) is 0 Å². The number of hydrogen-bond donors (Lipinski definition) is 1. The molecule has 0 aliphatic heterocycles. The monoisotopic (exact) mass is 182 g/mol. The summed E-state index contributed by atoms with van der Waals surface area (Å²) in [5, 5.41) is 0. The lowest BCUT2D eigenvalue weighted by Gasteiger charge is -1.94. The van der Waals surface area contributed by atoms with E-state index < -0.39 is 10.1 Å². The SMILES string of the molecule is CC[SiH2]CCCS(=O)(=O)O. The molecule has 0 atom stereocenters. The van der Waals surface area contributed by atoms with Gasteiger partial charge in [0.25, 0.3) is 10.1 Å². The molecule has 0 aromatic carbocycles. The normalized spacial score (nSPS) is 13.0. The molecular weight excluding hydrogens is 168 g/mol. The Kier molecular flexibility index (Phi) is 4.93. The van der Waals surface area contributed by atoms with Crippen molar-refractivity contribution in [1.82, 2.24) is 0 Å². The van der Waals surface area contributed by atoms with Crippen LogP contribution in [0.4, 0.5) is 0 Å². The molecular formula is C5H14O3SSi. The minimum Gasteiger partial charge on any atom is -0.286 e. The first-order chi connectivity index (χ1) is 4.56. The van der Waals surface area contributed by atoms with E-state index in [2.05, 4.69) is 6.92 Å². The third kappa shape index (κ3) is 8.13. The first-order valence-corrected chi connectivity index (χ1v) is 7.12. The maximum absolute atomic E-state index is 10.2. The van der Waals surface area contributed by atoms with Crippen molar-refractivity contribution in [3.05, 3.63) is 0 Å². The molecule has 0 aromatic rings. The van der Waals surface area contributed by atoms with Crippen molar-refractivity contribution in [2.45, 2.75) is 25.4 Å². The van der Waals surface area contributed by atoms with E-state index in [9.17, 15) is 8.42 Å². The Morgan fingerprint density at radius 2 is 2.10 bits per heavy atom. The van der Waals surface area contributed by atoms with Crippen molar-refractivity contribution in [3.8, 4) is 0 Å². The highest BCUT2D eigenvalue weighted by Crippen LogP contribution is 1.95. The van der Waals surface area contributed by atoms with Crippen LogP contribution in [0.15, 0.2) is 0 Å². The third-order valence-electron chi connectivity index (χ3n) is 1.26. The van der Waals surface area contributed by atoms with Crippen LogP contribution < -0.4 is 0 Å². The molecule has 0 saturated carbocycles. The lowest BCUT2D eigenvalue weighted by Crippen LogP contribution is -2.04. The van der Waals surface area contributed by atoms with Crippen molar-refractivity contribution in [3.63, 3.8) is 0 Å². The van der Waals surface area contributed by atoms with E-state index >= 15 is 0 Å². The van der Waals surface area contributed by atoms with E-state index in [0.717, 1.165) is 6.04 Å². The molecule has 0 aliphatic carbocycles. The molecule has 0 bridgehead atoms. The number of hydrogen-bond acceptors (Lipinski definition) is 2. The minimum atomic E-state index is -3.68. The Morgan fingerprint density at radius 1 is 1.50 bits per heavy atom. The molecule has 1 N–H and O–H groups in total. The Bertz CT molecular complexity index is 164. The zero-order chi connectivity index (χ0) is 8.04. The first-order valence-electron chi connectivity index (χ1n) is 3.51. The van der Waals surface area contributed by atoms with Gasteiger partial charge in [-0.05, 0) is 6.42 Å². The highest BCUT2D eigenvalue weighted by Gasteiger charge is 2.01. The summed E-state index contributed by atoms with van der Waals surface area (Å²) >= 11 is 0. The summed E-state index contributed by atoms with van der Waals surface area (Å²) in [6.07, 6.45) is 0.638. The van der Waals surface area contributed by atoms with Crippen LogP contribution in [0.2, 0.25) is 12.1 Å². The molecule has 0 heterocycles. The summed E-state index contributed by atoms with van der Waals surface area (Å²) in [6.45, 7) is 2.11. The van der Waals surface area contributed by atoms with E-state index in [4.69, 9.17) is 4.55 Å². The predicted molar refractivity (Wildman–Crippen MR) is 44.9 cm³/mol. The molecule has 3 nitrogen and oxygen atoms in total. The van der Waals surface area contributed by atoms with Crippen LogP contribution >= 0.6 is 0 Å². The lowest BCUT2D eigenvalue weighted by atomic mass is 10.6. The standard InChI is InChI=1S/C5H14O3SSi/c1-2-10-5-3-4-9(6,7)8/h2-5,10H2,1H3,(H,6,7,8). The van der Waals surface area contributed by atoms with Crippen molar-refractivity contribution >= 4 is 19.6 Å². The molecule has 0 rings (SSSR count). The smallest absolute Gasteiger partial charge is 0.264 e. The Morgan fingerprint density at radius 3 is 2.50 bits per heavy atom. The van der Waals surface area contributed by atoms with Gasteiger partial charge in [0.05, 0.1) is 5.75 Å². The van der Waals surface area contributed by atoms with Gasteiger partial charge in [-0.3, -0.25) is 4.55 Å². The predicted octanol–water partition coefficient (Wildman–Crippen LogP) is 0.290. The second-order valence-corrected chi connectivity index (χ2v) is 6.33. The first kappa shape index (κ1) is 10.1. The van der Waals surface area contributed by atoms with Gasteiger partial charge in [-0.2, -0.15) is 8.42 Å². The topological polar surface area (TPSA) is 54.4 Å². The van der Waals surface area contributed by atoms with Crippen molar-refractivity contribution in [1.29, 1.82) is 0 Å². The van der Waals surface area contributed by atoms with Gasteiger partial charge in [0.15, 0.2) is 0 Å². The van der Waals surface area contributed by atoms with Crippen LogP contribution in [-0.2, 0) is 10.1 Å². The van der Waals surface area contributed by atoms with Crippen molar-refractivity contribution < 1.29 is 13.0 Å². The highest BCUT2D eigenvalue weighted by atomic mass is 32.2. The average molecular weight is 182 g/mol. The molecule has 0 radical (unpaired) electrons. The number of rotatable bonds is 5. The largest absolute Gasteiger partial charge is 0.286 e. The summed E-state index contributed by atoms with van der Waals surface area (Å²) in [7, 11) is -3.71. The molecule has 0 fully saturated rings. The van der Waals surface area contributed by atoms with Gasteiger partial charge in [0.1, 0.15) is 0 Å². The zero-order valence-corrected chi connectivity index (χ0v) is 8.44. The molecule has 62 valence electrons. The molecule has 5 heteroatoms. The van der Waals surface area contributed by atoms with Gasteiger partial charge in [0, 0.05) is 9.52 Å². The average Bonchev–Trinajstić information content (AvgIpc) is 1.78. The zero-order valence-electron chi connectivity index (χ0n) is 6.21. The summed E-state index contributed by atoms with van der Waals surface area (Å²) < 4.78 is 28.6. The summed E-state index contributed by atoms with van der Waals surface area (Å²) in [4.78, 5) is 0. The van der Waals surface area contributed by atoms with Crippen LogP contribution in [0.3, 0.4) is 0 Å². The molecule has 0 spiro atoms. The van der Waals surface area contributed by atoms with E-state index in [-0.39, 0.29) is 15.3 Å². The summed E-state index contributed by atoms with van der Waals surface area (Å²) in [5.74, 6) is -0.0556. The molecule has 0 amide bonds. The van der Waals surface area contributed by atoms with Gasteiger partial charge in [0.2, 0.25) is 0 Å². The maximum Gasteiger partial charge on any atom is 0.264 e. The quantitative estimate of drug-likeness (QED) is 0.378. The summed E-state index contributed by atoms with van der Waals surface area (Å²) in [5.41, 5.74) is 0. The van der Waals surface area contributed by atoms with E-state index in [1.807, 2.05) is 0 Å². The van der Waals surface area contributed by atoms with Gasteiger partial charge in [-0.15, -0.1) is 0 Å². The van der Waals surface area contributed by atoms with Gasteiger partial charge >= 0.3 is 0 Å². The van der Waals surface area contributed by atoms with Gasteiger partial charge < -0.3 is 0 Å². The third-order valence-corrected chi connectivity index (χ3v) is 3.77. The van der Waals surface area contributed by atoms with Crippen LogP contribution in [0.1, 0.15) is 13.3 Å².